The van der Waals surface area contributed by atoms with Crippen molar-refractivity contribution in [3.05, 3.63) is 89.5 Å². The fourth-order valence-electron chi connectivity index (χ4n) is 3.79. The van der Waals surface area contributed by atoms with E-state index in [-0.39, 0.29) is 42.4 Å². The Morgan fingerprint density at radius 1 is 1.09 bits per heavy atom. The zero-order valence-corrected chi connectivity index (χ0v) is 18.4. The Balaban J connectivity index is 1.52. The average molecular weight is 467 g/mol. The third kappa shape index (κ3) is 5.01. The van der Waals surface area contributed by atoms with Crippen LogP contribution < -0.4 is 14.4 Å². The van der Waals surface area contributed by atoms with Gasteiger partial charge in [0, 0.05) is 18.9 Å². The van der Waals surface area contributed by atoms with E-state index in [0.29, 0.717) is 17.0 Å². The number of hydrogen-bond acceptors (Lipinski definition) is 4. The molecule has 0 spiro atoms. The molecule has 1 unspecified atom stereocenters. The number of rotatable bonds is 8. The molecule has 3 aromatic rings. The van der Waals surface area contributed by atoms with E-state index in [1.165, 1.54) is 23.1 Å². The third-order valence-corrected chi connectivity index (χ3v) is 5.50. The molecule has 1 amide bonds. The summed E-state index contributed by atoms with van der Waals surface area (Å²) < 4.78 is 39.1. The molecule has 1 heterocycles. The molecule has 176 valence electrons. The van der Waals surface area contributed by atoms with Crippen molar-refractivity contribution >= 4 is 17.6 Å². The van der Waals surface area contributed by atoms with Crippen molar-refractivity contribution in [1.82, 2.24) is 0 Å². The van der Waals surface area contributed by atoms with Crippen molar-refractivity contribution in [2.75, 3.05) is 11.5 Å². The van der Waals surface area contributed by atoms with Gasteiger partial charge in [-0.25, -0.2) is 13.6 Å². The summed E-state index contributed by atoms with van der Waals surface area (Å²) in [6.45, 7) is 0.983. The average Bonchev–Trinajstić information content (AvgIpc) is 2.81. The predicted molar refractivity (Wildman–Crippen MR) is 122 cm³/mol. The molecule has 0 saturated heterocycles. The monoisotopic (exact) mass is 467 g/mol. The van der Waals surface area contributed by atoms with Gasteiger partial charge < -0.3 is 19.5 Å². The molecule has 0 fully saturated rings. The number of amides is 1. The molecule has 6 nitrogen and oxygen atoms in total. The number of para-hydroxylation sites is 3. The zero-order valence-electron chi connectivity index (χ0n) is 18.4. The Morgan fingerprint density at radius 2 is 1.82 bits per heavy atom. The second-order valence-electron chi connectivity index (χ2n) is 8.03. The van der Waals surface area contributed by atoms with E-state index in [4.69, 9.17) is 9.47 Å². The first-order chi connectivity index (χ1) is 16.2. The highest BCUT2D eigenvalue weighted by molar-refractivity contribution is 6.00. The minimum atomic E-state index is -2.99. The summed E-state index contributed by atoms with van der Waals surface area (Å²) in [5, 5.41) is 9.30. The molecule has 0 aliphatic carbocycles. The highest BCUT2D eigenvalue weighted by Crippen LogP contribution is 2.36. The number of carboxylic acid groups (broad SMARTS) is 1. The smallest absolute Gasteiger partial charge is 0.339 e. The number of fused-ring (bicyclic) bond motifs is 1. The minimum absolute atomic E-state index is 0.0259. The van der Waals surface area contributed by atoms with Gasteiger partial charge in [0.25, 0.3) is 11.8 Å². The molecule has 0 radical (unpaired) electrons. The van der Waals surface area contributed by atoms with Gasteiger partial charge in [0.1, 0.15) is 17.1 Å². The van der Waals surface area contributed by atoms with Crippen LogP contribution in [0.5, 0.6) is 11.5 Å². The van der Waals surface area contributed by atoms with Crippen LogP contribution in [-0.2, 0) is 17.3 Å². The maximum atomic E-state index is 13.8. The normalized spacial score (nSPS) is 15.4. The third-order valence-electron chi connectivity index (χ3n) is 5.50. The lowest BCUT2D eigenvalue weighted by atomic mass is 10.0. The number of carboxylic acids is 1. The van der Waals surface area contributed by atoms with Gasteiger partial charge >= 0.3 is 5.97 Å². The number of aromatic carboxylic acids is 1. The Labute approximate surface area is 195 Å². The van der Waals surface area contributed by atoms with Crippen LogP contribution in [-0.4, -0.2) is 29.7 Å². The van der Waals surface area contributed by atoms with Crippen LogP contribution in [0, 0.1) is 0 Å². The maximum Gasteiger partial charge on any atom is 0.339 e. The first-order valence-electron chi connectivity index (χ1n) is 10.7. The van der Waals surface area contributed by atoms with Crippen LogP contribution in [0.15, 0.2) is 72.8 Å². The standard InChI is InChI=1S/C26H23F2NO5/c1-26(27,28)18-8-6-7-17(15-18)16-29-20-10-3-5-12-22(20)34-23(24(29)30)13-14-33-21-11-4-2-9-19(21)25(31)32/h2-12,15,23H,13-14,16H2,1H3,(H,31,32). The molecule has 1 aliphatic heterocycles. The molecular formula is C26H23F2NO5. The summed E-state index contributed by atoms with van der Waals surface area (Å²) in [5.74, 6) is -3.74. The van der Waals surface area contributed by atoms with Crippen molar-refractivity contribution in [3.8, 4) is 11.5 Å². The van der Waals surface area contributed by atoms with Crippen molar-refractivity contribution in [2.24, 2.45) is 0 Å². The highest BCUT2D eigenvalue weighted by atomic mass is 19.3. The quantitative estimate of drug-likeness (QED) is 0.489. The molecule has 34 heavy (non-hydrogen) atoms. The fourth-order valence-corrected chi connectivity index (χ4v) is 3.79. The number of halogens is 2. The second-order valence-corrected chi connectivity index (χ2v) is 8.03. The number of ether oxygens (including phenoxy) is 2. The van der Waals surface area contributed by atoms with Gasteiger partial charge in [0.05, 0.1) is 18.8 Å². The number of benzene rings is 3. The first kappa shape index (κ1) is 23.2. The Bertz CT molecular complexity index is 1210. The van der Waals surface area contributed by atoms with E-state index < -0.39 is 18.0 Å². The van der Waals surface area contributed by atoms with Crippen LogP contribution in [0.3, 0.4) is 0 Å². The maximum absolute atomic E-state index is 13.8. The summed E-state index contributed by atoms with van der Waals surface area (Å²) in [6.07, 6.45) is -0.701. The zero-order chi connectivity index (χ0) is 24.3. The summed E-state index contributed by atoms with van der Waals surface area (Å²) >= 11 is 0. The molecule has 0 aromatic heterocycles. The van der Waals surface area contributed by atoms with E-state index in [1.807, 2.05) is 0 Å². The number of alkyl halides is 2. The molecular weight excluding hydrogens is 444 g/mol. The van der Waals surface area contributed by atoms with Crippen molar-refractivity contribution in [2.45, 2.75) is 31.9 Å². The number of nitrogens with zero attached hydrogens (tertiary/aromatic N) is 1. The summed E-state index contributed by atoms with van der Waals surface area (Å²) in [5.41, 5.74) is 1.02. The lowest BCUT2D eigenvalue weighted by Crippen LogP contribution is -2.46. The molecule has 1 aliphatic rings. The van der Waals surface area contributed by atoms with Crippen LogP contribution in [0.1, 0.15) is 34.8 Å². The Kier molecular flexibility index (Phi) is 6.49. The topological polar surface area (TPSA) is 76.1 Å². The van der Waals surface area contributed by atoms with E-state index in [0.717, 1.165) is 6.92 Å². The van der Waals surface area contributed by atoms with Gasteiger partial charge in [-0.3, -0.25) is 4.79 Å². The van der Waals surface area contributed by atoms with E-state index in [2.05, 4.69) is 0 Å². The molecule has 4 rings (SSSR count). The Hall–Kier alpha value is -3.94. The first-order valence-corrected chi connectivity index (χ1v) is 10.7. The predicted octanol–water partition coefficient (Wildman–Crippen LogP) is 5.26. The highest BCUT2D eigenvalue weighted by Gasteiger charge is 2.34. The van der Waals surface area contributed by atoms with Crippen LogP contribution in [0.2, 0.25) is 0 Å². The molecule has 3 aromatic carbocycles. The van der Waals surface area contributed by atoms with Crippen molar-refractivity contribution < 1.29 is 33.0 Å². The van der Waals surface area contributed by atoms with E-state index in [9.17, 15) is 23.5 Å². The van der Waals surface area contributed by atoms with Crippen molar-refractivity contribution in [1.29, 1.82) is 0 Å². The number of carbonyl (C=O) groups is 2. The van der Waals surface area contributed by atoms with Crippen molar-refractivity contribution in [3.63, 3.8) is 0 Å². The van der Waals surface area contributed by atoms with Gasteiger partial charge in [0.2, 0.25) is 0 Å². The fraction of sp³-hybridized carbons (Fsp3) is 0.231. The lowest BCUT2D eigenvalue weighted by molar-refractivity contribution is -0.127. The van der Waals surface area contributed by atoms with Gasteiger partial charge in [-0.2, -0.15) is 0 Å². The number of carbonyl (C=O) groups excluding carboxylic acids is 1. The molecule has 8 heteroatoms. The van der Waals surface area contributed by atoms with Crippen LogP contribution >= 0.6 is 0 Å². The summed E-state index contributed by atoms with van der Waals surface area (Å²) in [7, 11) is 0. The lowest BCUT2D eigenvalue weighted by Gasteiger charge is -2.34. The largest absolute Gasteiger partial charge is 0.493 e. The van der Waals surface area contributed by atoms with Crippen LogP contribution in [0.25, 0.3) is 0 Å². The van der Waals surface area contributed by atoms with E-state index >= 15 is 0 Å². The summed E-state index contributed by atoms with van der Waals surface area (Å²) in [4.78, 5) is 26.2. The molecule has 0 saturated carbocycles. The SMILES string of the molecule is CC(F)(F)c1cccc(CN2C(=O)C(CCOc3ccccc3C(=O)O)Oc3ccccc32)c1. The summed E-state index contributed by atoms with van der Waals surface area (Å²) in [6, 6.07) is 19.3. The van der Waals surface area contributed by atoms with Gasteiger partial charge in [-0.15, -0.1) is 0 Å². The second kappa shape index (κ2) is 9.51. The van der Waals surface area contributed by atoms with E-state index in [1.54, 1.807) is 54.6 Å². The number of hydrogen-bond donors (Lipinski definition) is 1. The molecule has 1 atom stereocenters. The molecule has 0 bridgehead atoms. The minimum Gasteiger partial charge on any atom is -0.493 e. The number of anilines is 1. The van der Waals surface area contributed by atoms with Gasteiger partial charge in [-0.05, 0) is 35.9 Å². The Morgan fingerprint density at radius 3 is 2.59 bits per heavy atom. The molecule has 1 N–H and O–H groups in total. The van der Waals surface area contributed by atoms with Crippen LogP contribution in [0.4, 0.5) is 14.5 Å². The van der Waals surface area contributed by atoms with Gasteiger partial charge in [-0.1, -0.05) is 42.5 Å². The van der Waals surface area contributed by atoms with Gasteiger partial charge in [0.15, 0.2) is 6.10 Å².